The third-order valence-corrected chi connectivity index (χ3v) is 6.25. The Morgan fingerprint density at radius 1 is 1.25 bits per heavy atom. The van der Waals surface area contributed by atoms with Crippen LogP contribution in [0.2, 0.25) is 0 Å². The predicted octanol–water partition coefficient (Wildman–Crippen LogP) is 5.15. The van der Waals surface area contributed by atoms with E-state index in [1.807, 2.05) is 38.7 Å². The van der Waals surface area contributed by atoms with Crippen molar-refractivity contribution in [3.05, 3.63) is 41.5 Å². The van der Waals surface area contributed by atoms with E-state index in [1.54, 1.807) is 6.07 Å². The van der Waals surface area contributed by atoms with Crippen LogP contribution >= 0.6 is 0 Å². The second kappa shape index (κ2) is 9.30. The standard InChI is InChI=1S/C24H31FN4O3/c1-5-16-6-9-21(20(25)10-16)28-22-15(4)23(27-13-26-22)32-19-11-17-7-8-18(12-19)29(17)24(30)31-14(2)3/h6,9-10,13-14,17-19H,5,7-8,11-12H2,1-4H3,(H,26,27,28). The van der Waals surface area contributed by atoms with Crippen molar-refractivity contribution in [3.63, 3.8) is 0 Å². The Kier molecular flexibility index (Phi) is 6.48. The lowest BCUT2D eigenvalue weighted by atomic mass is 10.0. The lowest BCUT2D eigenvalue weighted by Gasteiger charge is -2.38. The van der Waals surface area contributed by atoms with Gasteiger partial charge in [0.2, 0.25) is 5.88 Å². The van der Waals surface area contributed by atoms with E-state index in [4.69, 9.17) is 9.47 Å². The number of ether oxygens (including phenoxy) is 2. The van der Waals surface area contributed by atoms with Crippen LogP contribution in [0, 0.1) is 12.7 Å². The number of fused-ring (bicyclic) bond motifs is 2. The van der Waals surface area contributed by atoms with Crippen molar-refractivity contribution in [1.82, 2.24) is 14.9 Å². The summed E-state index contributed by atoms with van der Waals surface area (Å²) in [7, 11) is 0. The van der Waals surface area contributed by atoms with E-state index in [1.165, 1.54) is 12.4 Å². The number of amides is 1. The lowest BCUT2D eigenvalue weighted by molar-refractivity contribution is 0.0207. The molecular formula is C24H31FN4O3. The second-order valence-corrected chi connectivity index (χ2v) is 8.88. The quantitative estimate of drug-likeness (QED) is 0.667. The normalized spacial score (nSPS) is 22.2. The first-order chi connectivity index (χ1) is 15.4. The van der Waals surface area contributed by atoms with E-state index in [0.29, 0.717) is 17.4 Å². The number of carbonyl (C=O) groups is 1. The van der Waals surface area contributed by atoms with E-state index >= 15 is 0 Å². The van der Waals surface area contributed by atoms with Gasteiger partial charge in [0.15, 0.2) is 0 Å². The third-order valence-electron chi connectivity index (χ3n) is 6.25. The van der Waals surface area contributed by atoms with E-state index < -0.39 is 0 Å². The summed E-state index contributed by atoms with van der Waals surface area (Å²) in [6, 6.07) is 5.39. The van der Waals surface area contributed by atoms with Crippen LogP contribution in [0.3, 0.4) is 0 Å². The summed E-state index contributed by atoms with van der Waals surface area (Å²) in [6.45, 7) is 7.58. The van der Waals surface area contributed by atoms with Crippen molar-refractivity contribution in [1.29, 1.82) is 0 Å². The number of piperidine rings is 1. The van der Waals surface area contributed by atoms with Gasteiger partial charge in [0.1, 0.15) is 24.1 Å². The Labute approximate surface area is 188 Å². The molecule has 0 spiro atoms. The van der Waals surface area contributed by atoms with Crippen LogP contribution in [-0.4, -0.2) is 45.3 Å². The topological polar surface area (TPSA) is 76.6 Å². The van der Waals surface area contributed by atoms with Gasteiger partial charge in [-0.25, -0.2) is 19.2 Å². The zero-order valence-electron chi connectivity index (χ0n) is 19.1. The minimum absolute atomic E-state index is 0.0439. The molecule has 2 bridgehead atoms. The maximum atomic E-state index is 14.4. The number of benzene rings is 1. The van der Waals surface area contributed by atoms with Gasteiger partial charge in [0.05, 0.1) is 17.4 Å². The number of hydrogen-bond acceptors (Lipinski definition) is 6. The van der Waals surface area contributed by atoms with Crippen molar-refractivity contribution in [2.45, 2.75) is 84.1 Å². The molecule has 0 radical (unpaired) electrons. The summed E-state index contributed by atoms with van der Waals surface area (Å²) in [5.41, 5.74) is 2.03. The molecule has 2 unspecified atom stereocenters. The Hall–Kier alpha value is -2.90. The summed E-state index contributed by atoms with van der Waals surface area (Å²) >= 11 is 0. The molecule has 0 saturated carbocycles. The predicted molar refractivity (Wildman–Crippen MR) is 120 cm³/mol. The second-order valence-electron chi connectivity index (χ2n) is 8.88. The largest absolute Gasteiger partial charge is 0.474 e. The van der Waals surface area contributed by atoms with E-state index in [-0.39, 0.29) is 36.2 Å². The first-order valence-corrected chi connectivity index (χ1v) is 11.4. The van der Waals surface area contributed by atoms with Crippen LogP contribution in [0.15, 0.2) is 24.5 Å². The molecule has 3 heterocycles. The number of aryl methyl sites for hydroxylation is 1. The fourth-order valence-electron chi connectivity index (χ4n) is 4.63. The molecule has 172 valence electrons. The van der Waals surface area contributed by atoms with E-state index in [2.05, 4.69) is 15.3 Å². The van der Waals surface area contributed by atoms with Crippen molar-refractivity contribution in [3.8, 4) is 5.88 Å². The molecule has 0 aliphatic carbocycles. The maximum Gasteiger partial charge on any atom is 0.410 e. The number of rotatable bonds is 6. The lowest BCUT2D eigenvalue weighted by Crippen LogP contribution is -2.50. The Morgan fingerprint density at radius 2 is 1.97 bits per heavy atom. The Morgan fingerprint density at radius 3 is 2.59 bits per heavy atom. The van der Waals surface area contributed by atoms with Crippen LogP contribution in [0.25, 0.3) is 0 Å². The van der Waals surface area contributed by atoms with Crippen LogP contribution in [0.4, 0.5) is 20.7 Å². The summed E-state index contributed by atoms with van der Waals surface area (Å²) < 4.78 is 26.1. The zero-order chi connectivity index (χ0) is 22.8. The van der Waals surface area contributed by atoms with Crippen LogP contribution < -0.4 is 10.1 Å². The minimum Gasteiger partial charge on any atom is -0.474 e. The number of hydrogen-bond donors (Lipinski definition) is 1. The van der Waals surface area contributed by atoms with Gasteiger partial charge >= 0.3 is 6.09 Å². The SMILES string of the molecule is CCc1ccc(Nc2ncnc(OC3CC4CCC(C3)N4C(=O)OC(C)C)c2C)c(F)c1. The van der Waals surface area contributed by atoms with Gasteiger partial charge in [-0.3, -0.25) is 0 Å². The summed E-state index contributed by atoms with van der Waals surface area (Å²) in [5.74, 6) is 0.678. The molecular weight excluding hydrogens is 411 g/mol. The highest BCUT2D eigenvalue weighted by molar-refractivity contribution is 5.69. The highest BCUT2D eigenvalue weighted by atomic mass is 19.1. The molecule has 4 rings (SSSR count). The molecule has 2 aliphatic rings. The molecule has 2 aromatic rings. The molecule has 7 nitrogen and oxygen atoms in total. The van der Waals surface area contributed by atoms with Crippen LogP contribution in [-0.2, 0) is 11.2 Å². The van der Waals surface area contributed by atoms with E-state index in [0.717, 1.165) is 43.2 Å². The van der Waals surface area contributed by atoms with Gasteiger partial charge in [-0.1, -0.05) is 13.0 Å². The summed E-state index contributed by atoms with van der Waals surface area (Å²) in [5, 5.41) is 3.06. The highest BCUT2D eigenvalue weighted by Gasteiger charge is 2.45. The minimum atomic E-state index is -0.318. The average molecular weight is 443 g/mol. The van der Waals surface area contributed by atoms with Crippen LogP contribution in [0.5, 0.6) is 5.88 Å². The molecule has 2 fully saturated rings. The molecule has 1 aromatic carbocycles. The van der Waals surface area contributed by atoms with Gasteiger partial charge in [-0.05, 0) is 57.7 Å². The zero-order valence-corrected chi connectivity index (χ0v) is 19.1. The molecule has 8 heteroatoms. The fraction of sp³-hybridized carbons (Fsp3) is 0.542. The van der Waals surface area contributed by atoms with Crippen LogP contribution in [0.1, 0.15) is 57.6 Å². The molecule has 1 N–H and O–H groups in total. The number of nitrogens with one attached hydrogen (secondary N) is 1. The van der Waals surface area contributed by atoms with Crippen molar-refractivity contribution < 1.29 is 18.7 Å². The Balaban J connectivity index is 1.44. The fourth-order valence-corrected chi connectivity index (χ4v) is 4.63. The molecule has 2 saturated heterocycles. The van der Waals surface area contributed by atoms with E-state index in [9.17, 15) is 9.18 Å². The van der Waals surface area contributed by atoms with Crippen molar-refractivity contribution >= 4 is 17.6 Å². The van der Waals surface area contributed by atoms with Gasteiger partial charge in [-0.15, -0.1) is 0 Å². The molecule has 32 heavy (non-hydrogen) atoms. The van der Waals surface area contributed by atoms with Gasteiger partial charge in [0.25, 0.3) is 0 Å². The van der Waals surface area contributed by atoms with Crippen molar-refractivity contribution in [2.75, 3.05) is 5.32 Å². The number of aromatic nitrogens is 2. The van der Waals surface area contributed by atoms with Gasteiger partial charge in [0, 0.05) is 24.9 Å². The summed E-state index contributed by atoms with van der Waals surface area (Å²) in [6.07, 6.45) is 5.19. The first-order valence-electron chi connectivity index (χ1n) is 11.4. The molecule has 2 aliphatic heterocycles. The van der Waals surface area contributed by atoms with Gasteiger partial charge in [-0.2, -0.15) is 0 Å². The monoisotopic (exact) mass is 442 g/mol. The Bertz CT molecular complexity index is 970. The molecule has 1 aromatic heterocycles. The number of nitrogens with zero attached hydrogens (tertiary/aromatic N) is 3. The molecule has 2 atom stereocenters. The number of carbonyl (C=O) groups excluding carboxylic acids is 1. The smallest absolute Gasteiger partial charge is 0.410 e. The average Bonchev–Trinajstić information content (AvgIpc) is 3.02. The van der Waals surface area contributed by atoms with Gasteiger partial charge < -0.3 is 19.7 Å². The maximum absolute atomic E-state index is 14.4. The first kappa shape index (κ1) is 22.3. The third kappa shape index (κ3) is 4.64. The summed E-state index contributed by atoms with van der Waals surface area (Å²) in [4.78, 5) is 23.0. The number of anilines is 2. The number of halogens is 1. The highest BCUT2D eigenvalue weighted by Crippen LogP contribution is 2.38. The van der Waals surface area contributed by atoms with Crippen molar-refractivity contribution in [2.24, 2.45) is 0 Å². The molecule has 1 amide bonds.